The molecular weight excluding hydrogens is 502 g/mol. The van der Waals surface area contributed by atoms with E-state index < -0.39 is 28.5 Å². The van der Waals surface area contributed by atoms with E-state index in [2.05, 4.69) is 5.32 Å². The lowest BCUT2D eigenvalue weighted by Crippen LogP contribution is -2.51. The normalized spacial score (nSPS) is 11.9. The molecule has 0 heterocycles. The molecule has 0 aliphatic carbocycles. The molecule has 202 valence electrons. The van der Waals surface area contributed by atoms with Crippen LogP contribution in [0.1, 0.15) is 31.9 Å². The van der Waals surface area contributed by atoms with Gasteiger partial charge < -0.3 is 15.0 Å². The SMILES string of the molecule is CCNC(=O)[C@H](C)N(Cc1ccccc1)C(=O)CN(c1ccc(OCC)cc1)S(=O)(=O)c1ccc(C)cc1. The maximum absolute atomic E-state index is 13.8. The zero-order valence-electron chi connectivity index (χ0n) is 22.3. The van der Waals surface area contributed by atoms with Gasteiger partial charge >= 0.3 is 0 Å². The minimum absolute atomic E-state index is 0.0659. The molecule has 0 fully saturated rings. The Kier molecular flexibility index (Phi) is 9.90. The van der Waals surface area contributed by atoms with Crippen molar-refractivity contribution in [2.24, 2.45) is 0 Å². The molecule has 0 aliphatic heterocycles. The van der Waals surface area contributed by atoms with Crippen molar-refractivity contribution < 1.29 is 22.7 Å². The van der Waals surface area contributed by atoms with Gasteiger partial charge in [0.1, 0.15) is 18.3 Å². The molecule has 3 aromatic carbocycles. The van der Waals surface area contributed by atoms with E-state index >= 15 is 0 Å². The lowest BCUT2D eigenvalue weighted by Gasteiger charge is -2.32. The maximum atomic E-state index is 13.8. The maximum Gasteiger partial charge on any atom is 0.264 e. The van der Waals surface area contributed by atoms with Gasteiger partial charge in [-0.05, 0) is 69.7 Å². The summed E-state index contributed by atoms with van der Waals surface area (Å²) in [6.07, 6.45) is 0. The van der Waals surface area contributed by atoms with Gasteiger partial charge in [0.05, 0.1) is 17.2 Å². The Bertz CT molecular complexity index is 1310. The van der Waals surface area contributed by atoms with E-state index in [1.165, 1.54) is 17.0 Å². The largest absolute Gasteiger partial charge is 0.494 e. The first-order valence-corrected chi connectivity index (χ1v) is 14.0. The van der Waals surface area contributed by atoms with Gasteiger partial charge in [-0.25, -0.2) is 8.42 Å². The van der Waals surface area contributed by atoms with Crippen LogP contribution in [0, 0.1) is 6.92 Å². The van der Waals surface area contributed by atoms with E-state index in [1.807, 2.05) is 44.2 Å². The highest BCUT2D eigenvalue weighted by Gasteiger charge is 2.32. The fourth-order valence-electron chi connectivity index (χ4n) is 3.93. The first kappa shape index (κ1) is 28.7. The molecule has 3 rings (SSSR count). The van der Waals surface area contributed by atoms with Gasteiger partial charge in [-0.1, -0.05) is 48.0 Å². The number of benzene rings is 3. The second kappa shape index (κ2) is 13.1. The molecule has 0 aromatic heterocycles. The van der Waals surface area contributed by atoms with Gasteiger partial charge in [0.15, 0.2) is 0 Å². The predicted octanol–water partition coefficient (Wildman–Crippen LogP) is 4.14. The minimum Gasteiger partial charge on any atom is -0.494 e. The van der Waals surface area contributed by atoms with Crippen molar-refractivity contribution in [1.82, 2.24) is 10.2 Å². The molecule has 8 nitrogen and oxygen atoms in total. The lowest BCUT2D eigenvalue weighted by atomic mass is 10.1. The number of carbonyl (C=O) groups is 2. The summed E-state index contributed by atoms with van der Waals surface area (Å²) >= 11 is 0. The van der Waals surface area contributed by atoms with Crippen LogP contribution in [-0.4, -0.2) is 50.9 Å². The number of hydrogen-bond acceptors (Lipinski definition) is 5. The summed E-state index contributed by atoms with van der Waals surface area (Å²) < 4.78 is 34.2. The molecule has 2 amide bonds. The summed E-state index contributed by atoms with van der Waals surface area (Å²) in [5.74, 6) is -0.228. The van der Waals surface area contributed by atoms with Crippen LogP contribution < -0.4 is 14.4 Å². The third kappa shape index (κ3) is 7.13. The smallest absolute Gasteiger partial charge is 0.264 e. The molecule has 0 saturated heterocycles. The highest BCUT2D eigenvalue weighted by atomic mass is 32.2. The van der Waals surface area contributed by atoms with Crippen molar-refractivity contribution in [2.75, 3.05) is 24.0 Å². The average molecular weight is 538 g/mol. The predicted molar refractivity (Wildman–Crippen MR) is 148 cm³/mol. The number of sulfonamides is 1. The summed E-state index contributed by atoms with van der Waals surface area (Å²) in [5, 5.41) is 2.75. The Labute approximate surface area is 225 Å². The van der Waals surface area contributed by atoms with Gasteiger partial charge in [0.25, 0.3) is 10.0 Å². The van der Waals surface area contributed by atoms with Crippen molar-refractivity contribution in [3.05, 3.63) is 90.0 Å². The summed E-state index contributed by atoms with van der Waals surface area (Å²) in [4.78, 5) is 28.0. The topological polar surface area (TPSA) is 96.0 Å². The van der Waals surface area contributed by atoms with Crippen molar-refractivity contribution in [3.8, 4) is 5.75 Å². The molecule has 1 N–H and O–H groups in total. The van der Waals surface area contributed by atoms with Crippen LogP contribution in [0.15, 0.2) is 83.8 Å². The fourth-order valence-corrected chi connectivity index (χ4v) is 5.34. The Morgan fingerprint density at radius 1 is 0.921 bits per heavy atom. The number of nitrogens with one attached hydrogen (secondary N) is 1. The van der Waals surface area contributed by atoms with Crippen LogP contribution in [0.2, 0.25) is 0 Å². The molecule has 0 unspecified atom stereocenters. The molecule has 38 heavy (non-hydrogen) atoms. The van der Waals surface area contributed by atoms with Crippen molar-refractivity contribution in [2.45, 2.75) is 45.2 Å². The highest BCUT2D eigenvalue weighted by molar-refractivity contribution is 7.92. The molecule has 1 atom stereocenters. The fraction of sp³-hybridized carbons (Fsp3) is 0.310. The minimum atomic E-state index is -4.11. The van der Waals surface area contributed by atoms with E-state index in [1.54, 1.807) is 50.2 Å². The number of aryl methyl sites for hydroxylation is 1. The number of likely N-dealkylation sites (N-methyl/N-ethyl adjacent to an activating group) is 1. The van der Waals surface area contributed by atoms with E-state index in [0.29, 0.717) is 24.6 Å². The van der Waals surface area contributed by atoms with Gasteiger partial charge in [-0.2, -0.15) is 0 Å². The van der Waals surface area contributed by atoms with E-state index in [-0.39, 0.29) is 17.3 Å². The van der Waals surface area contributed by atoms with Crippen LogP contribution in [0.25, 0.3) is 0 Å². The zero-order valence-corrected chi connectivity index (χ0v) is 23.1. The number of ether oxygens (including phenoxy) is 1. The molecule has 3 aromatic rings. The monoisotopic (exact) mass is 537 g/mol. The zero-order chi connectivity index (χ0) is 27.7. The number of hydrogen-bond donors (Lipinski definition) is 1. The van der Waals surface area contributed by atoms with Crippen LogP contribution in [0.3, 0.4) is 0 Å². The standard InChI is InChI=1S/C29H35N3O5S/c1-5-30-29(34)23(4)31(20-24-10-8-7-9-11-24)28(33)21-32(25-14-16-26(17-15-25)37-6-2)38(35,36)27-18-12-22(3)13-19-27/h7-19,23H,5-6,20-21H2,1-4H3,(H,30,34)/t23-/m0/s1. The second-order valence-electron chi connectivity index (χ2n) is 8.83. The third-order valence-corrected chi connectivity index (χ3v) is 7.83. The second-order valence-corrected chi connectivity index (χ2v) is 10.7. The Balaban J connectivity index is 2.02. The Hall–Kier alpha value is -3.85. The average Bonchev–Trinajstić information content (AvgIpc) is 2.91. The van der Waals surface area contributed by atoms with Crippen LogP contribution in [-0.2, 0) is 26.2 Å². The van der Waals surface area contributed by atoms with Gasteiger partial charge in [0.2, 0.25) is 11.8 Å². The first-order chi connectivity index (χ1) is 18.2. The summed E-state index contributed by atoms with van der Waals surface area (Å²) in [7, 11) is -4.11. The van der Waals surface area contributed by atoms with E-state index in [0.717, 1.165) is 15.4 Å². The summed E-state index contributed by atoms with van der Waals surface area (Å²) in [6, 6.07) is 21.5. The first-order valence-electron chi connectivity index (χ1n) is 12.6. The lowest BCUT2D eigenvalue weighted by molar-refractivity contribution is -0.139. The van der Waals surface area contributed by atoms with Gasteiger partial charge in [-0.15, -0.1) is 0 Å². The number of rotatable bonds is 12. The number of amides is 2. The molecule has 0 spiro atoms. The van der Waals surface area contributed by atoms with Crippen LogP contribution >= 0.6 is 0 Å². The molecule has 0 bridgehead atoms. The Morgan fingerprint density at radius 2 is 1.55 bits per heavy atom. The molecule has 0 saturated carbocycles. The van der Waals surface area contributed by atoms with Crippen LogP contribution in [0.5, 0.6) is 5.75 Å². The molecule has 0 aliphatic rings. The number of anilines is 1. The third-order valence-electron chi connectivity index (χ3n) is 6.04. The molecule has 0 radical (unpaired) electrons. The van der Waals surface area contributed by atoms with Gasteiger partial charge in [-0.3, -0.25) is 13.9 Å². The molecular formula is C29H35N3O5S. The van der Waals surface area contributed by atoms with Crippen molar-refractivity contribution in [1.29, 1.82) is 0 Å². The molecule has 9 heteroatoms. The Morgan fingerprint density at radius 3 is 2.13 bits per heavy atom. The quantitative estimate of drug-likeness (QED) is 0.375. The van der Waals surface area contributed by atoms with Crippen LogP contribution in [0.4, 0.5) is 5.69 Å². The highest BCUT2D eigenvalue weighted by Crippen LogP contribution is 2.27. The van der Waals surface area contributed by atoms with Crippen molar-refractivity contribution in [3.63, 3.8) is 0 Å². The number of nitrogens with zero attached hydrogens (tertiary/aromatic N) is 2. The van der Waals surface area contributed by atoms with E-state index in [4.69, 9.17) is 4.74 Å². The van der Waals surface area contributed by atoms with Crippen molar-refractivity contribution >= 4 is 27.5 Å². The summed E-state index contributed by atoms with van der Waals surface area (Å²) in [5.41, 5.74) is 2.05. The van der Waals surface area contributed by atoms with E-state index in [9.17, 15) is 18.0 Å². The van der Waals surface area contributed by atoms with Gasteiger partial charge in [0, 0.05) is 13.1 Å². The number of carbonyl (C=O) groups excluding carboxylic acids is 2. The summed E-state index contributed by atoms with van der Waals surface area (Å²) in [6.45, 7) is 7.72.